The highest BCUT2D eigenvalue weighted by atomic mass is 16.5. The van der Waals surface area contributed by atoms with Gasteiger partial charge in [-0.3, -0.25) is 4.79 Å². The van der Waals surface area contributed by atoms with Gasteiger partial charge in [-0.1, -0.05) is 67.1 Å². The van der Waals surface area contributed by atoms with Gasteiger partial charge in [0.15, 0.2) is 6.10 Å². The molecule has 0 saturated heterocycles. The summed E-state index contributed by atoms with van der Waals surface area (Å²) in [6, 6.07) is 22.6. The van der Waals surface area contributed by atoms with Gasteiger partial charge in [-0.05, 0) is 54.7 Å². The normalized spacial score (nSPS) is 11.9. The number of ether oxygens (including phenoxy) is 1. The summed E-state index contributed by atoms with van der Waals surface area (Å²) in [4.78, 5) is 12.5. The van der Waals surface area contributed by atoms with Gasteiger partial charge in [0.2, 0.25) is 0 Å². The first-order chi connectivity index (χ1) is 13.2. The number of aryl methyl sites for hydroxylation is 2. The molecule has 1 N–H and O–H groups in total. The van der Waals surface area contributed by atoms with E-state index in [1.807, 2.05) is 37.3 Å². The van der Waals surface area contributed by atoms with Crippen LogP contribution >= 0.6 is 0 Å². The van der Waals surface area contributed by atoms with Crippen LogP contribution in [0.3, 0.4) is 0 Å². The van der Waals surface area contributed by atoms with Crippen LogP contribution in [0.5, 0.6) is 5.75 Å². The van der Waals surface area contributed by atoms with E-state index in [9.17, 15) is 4.79 Å². The fourth-order valence-electron chi connectivity index (χ4n) is 3.21. The first-order valence-electron chi connectivity index (χ1n) is 9.64. The van der Waals surface area contributed by atoms with Crippen molar-refractivity contribution < 1.29 is 9.53 Å². The first-order valence-corrected chi connectivity index (χ1v) is 9.64. The van der Waals surface area contributed by atoms with E-state index in [2.05, 4.69) is 48.6 Å². The molecule has 0 fully saturated rings. The van der Waals surface area contributed by atoms with E-state index in [4.69, 9.17) is 4.74 Å². The predicted octanol–water partition coefficient (Wildman–Crippen LogP) is 5.05. The maximum absolute atomic E-state index is 12.5. The number of carbonyl (C=O) groups is 1. The Balaban J connectivity index is 1.50. The second-order valence-electron chi connectivity index (χ2n) is 6.91. The van der Waals surface area contributed by atoms with Gasteiger partial charge in [-0.25, -0.2) is 0 Å². The standard InChI is InChI=1S/C24H27NO2/c1-3-23(27-22-14-13-20-11-4-5-12-21(20)17-22)24(26)25-15-7-10-19-9-6-8-18(2)16-19/h4-6,8-9,11-14,16-17,23H,3,7,10,15H2,1-2H3,(H,25,26)/t23-/m1/s1. The Morgan fingerprint density at radius 1 is 1.00 bits per heavy atom. The summed E-state index contributed by atoms with van der Waals surface area (Å²) in [5.41, 5.74) is 2.58. The van der Waals surface area contributed by atoms with Crippen molar-refractivity contribution in [2.24, 2.45) is 0 Å². The monoisotopic (exact) mass is 361 g/mol. The first kappa shape index (κ1) is 19.0. The largest absolute Gasteiger partial charge is 0.481 e. The summed E-state index contributed by atoms with van der Waals surface area (Å²) in [5.74, 6) is 0.686. The van der Waals surface area contributed by atoms with Crippen molar-refractivity contribution in [2.75, 3.05) is 6.54 Å². The quantitative estimate of drug-likeness (QED) is 0.570. The van der Waals surface area contributed by atoms with E-state index in [1.165, 1.54) is 16.5 Å². The molecule has 0 aliphatic heterocycles. The van der Waals surface area contributed by atoms with Gasteiger partial charge in [-0.2, -0.15) is 0 Å². The van der Waals surface area contributed by atoms with Crippen molar-refractivity contribution in [1.82, 2.24) is 5.32 Å². The van der Waals surface area contributed by atoms with Crippen molar-refractivity contribution in [3.8, 4) is 5.75 Å². The molecule has 0 aliphatic rings. The molecule has 140 valence electrons. The molecule has 0 bridgehead atoms. The Labute approximate surface area is 161 Å². The highest BCUT2D eigenvalue weighted by Gasteiger charge is 2.17. The van der Waals surface area contributed by atoms with Gasteiger partial charge in [-0.15, -0.1) is 0 Å². The lowest BCUT2D eigenvalue weighted by Crippen LogP contribution is -2.38. The number of rotatable bonds is 8. The zero-order valence-corrected chi connectivity index (χ0v) is 16.1. The molecule has 0 aliphatic carbocycles. The Kier molecular flexibility index (Phi) is 6.48. The highest BCUT2D eigenvalue weighted by molar-refractivity contribution is 5.84. The summed E-state index contributed by atoms with van der Waals surface area (Å²) < 4.78 is 5.95. The zero-order chi connectivity index (χ0) is 19.1. The molecule has 0 aromatic heterocycles. The van der Waals surface area contributed by atoms with E-state index in [0.717, 1.165) is 24.0 Å². The predicted molar refractivity (Wildman–Crippen MR) is 111 cm³/mol. The van der Waals surface area contributed by atoms with Crippen LogP contribution in [0.15, 0.2) is 66.7 Å². The molecule has 1 amide bonds. The maximum atomic E-state index is 12.5. The molecule has 3 heteroatoms. The lowest BCUT2D eigenvalue weighted by molar-refractivity contribution is -0.128. The molecule has 1 atom stereocenters. The highest BCUT2D eigenvalue weighted by Crippen LogP contribution is 2.22. The van der Waals surface area contributed by atoms with E-state index in [1.54, 1.807) is 0 Å². The van der Waals surface area contributed by atoms with Crippen molar-refractivity contribution in [1.29, 1.82) is 0 Å². The minimum absolute atomic E-state index is 0.0464. The van der Waals surface area contributed by atoms with E-state index in [0.29, 0.717) is 13.0 Å². The van der Waals surface area contributed by atoms with Crippen molar-refractivity contribution >= 4 is 16.7 Å². The smallest absolute Gasteiger partial charge is 0.261 e. The van der Waals surface area contributed by atoms with Crippen LogP contribution in [0.2, 0.25) is 0 Å². The Morgan fingerprint density at radius 2 is 1.81 bits per heavy atom. The molecule has 3 nitrogen and oxygen atoms in total. The average molecular weight is 361 g/mol. The molecular weight excluding hydrogens is 334 g/mol. The molecule has 27 heavy (non-hydrogen) atoms. The number of fused-ring (bicyclic) bond motifs is 1. The zero-order valence-electron chi connectivity index (χ0n) is 16.1. The summed E-state index contributed by atoms with van der Waals surface area (Å²) in [5, 5.41) is 5.29. The van der Waals surface area contributed by atoms with Crippen molar-refractivity contribution in [3.05, 3.63) is 77.9 Å². The molecule has 3 aromatic rings. The van der Waals surface area contributed by atoms with Gasteiger partial charge in [0.05, 0.1) is 0 Å². The average Bonchev–Trinajstić information content (AvgIpc) is 2.69. The minimum atomic E-state index is -0.467. The number of hydrogen-bond donors (Lipinski definition) is 1. The molecule has 3 rings (SSSR count). The van der Waals surface area contributed by atoms with E-state index in [-0.39, 0.29) is 5.91 Å². The lowest BCUT2D eigenvalue weighted by atomic mass is 10.1. The van der Waals surface area contributed by atoms with E-state index < -0.39 is 6.10 Å². The number of amides is 1. The Hall–Kier alpha value is -2.81. The number of benzene rings is 3. The molecular formula is C24H27NO2. The Bertz CT molecular complexity index is 904. The van der Waals surface area contributed by atoms with Gasteiger partial charge >= 0.3 is 0 Å². The summed E-state index contributed by atoms with van der Waals surface area (Å²) in [7, 11) is 0. The molecule has 0 unspecified atom stereocenters. The van der Waals surface area contributed by atoms with Crippen LogP contribution in [-0.4, -0.2) is 18.6 Å². The summed E-state index contributed by atoms with van der Waals surface area (Å²) in [6.07, 6.45) is 2.05. The van der Waals surface area contributed by atoms with Crippen molar-refractivity contribution in [2.45, 2.75) is 39.2 Å². The lowest BCUT2D eigenvalue weighted by Gasteiger charge is -2.17. The number of nitrogens with one attached hydrogen (secondary N) is 1. The fourth-order valence-corrected chi connectivity index (χ4v) is 3.21. The van der Waals surface area contributed by atoms with Gasteiger partial charge < -0.3 is 10.1 Å². The molecule has 0 heterocycles. The molecule has 0 radical (unpaired) electrons. The third kappa shape index (κ3) is 5.33. The van der Waals surface area contributed by atoms with Crippen LogP contribution < -0.4 is 10.1 Å². The summed E-state index contributed by atoms with van der Waals surface area (Å²) in [6.45, 7) is 4.73. The number of carbonyl (C=O) groups excluding carboxylic acids is 1. The molecule has 0 saturated carbocycles. The van der Waals surface area contributed by atoms with Crippen molar-refractivity contribution in [3.63, 3.8) is 0 Å². The van der Waals surface area contributed by atoms with Crippen LogP contribution in [0.1, 0.15) is 30.9 Å². The minimum Gasteiger partial charge on any atom is -0.481 e. The third-order valence-corrected chi connectivity index (χ3v) is 4.69. The number of hydrogen-bond acceptors (Lipinski definition) is 2. The molecule has 0 spiro atoms. The topological polar surface area (TPSA) is 38.3 Å². The van der Waals surface area contributed by atoms with Gasteiger partial charge in [0.25, 0.3) is 5.91 Å². The Morgan fingerprint density at radius 3 is 2.59 bits per heavy atom. The summed E-state index contributed by atoms with van der Waals surface area (Å²) >= 11 is 0. The van der Waals surface area contributed by atoms with Crippen LogP contribution in [-0.2, 0) is 11.2 Å². The third-order valence-electron chi connectivity index (χ3n) is 4.69. The SMILES string of the molecule is CC[C@@H](Oc1ccc2ccccc2c1)C(=O)NCCCc1cccc(C)c1. The second-order valence-corrected chi connectivity index (χ2v) is 6.91. The molecule has 3 aromatic carbocycles. The fraction of sp³-hybridized carbons (Fsp3) is 0.292. The maximum Gasteiger partial charge on any atom is 0.261 e. The van der Waals surface area contributed by atoms with Gasteiger partial charge in [0.1, 0.15) is 5.75 Å². The van der Waals surface area contributed by atoms with Crippen LogP contribution in [0, 0.1) is 6.92 Å². The second kappa shape index (κ2) is 9.22. The van der Waals surface area contributed by atoms with Gasteiger partial charge in [0, 0.05) is 6.54 Å². The van der Waals surface area contributed by atoms with Crippen LogP contribution in [0.4, 0.5) is 0 Å². The van der Waals surface area contributed by atoms with E-state index >= 15 is 0 Å². The van der Waals surface area contributed by atoms with Crippen LogP contribution in [0.25, 0.3) is 10.8 Å².